The number of rotatable bonds is 1. The van der Waals surface area contributed by atoms with Crippen molar-refractivity contribution in [2.75, 3.05) is 0 Å². The average molecular weight is 275 g/mol. The van der Waals surface area contributed by atoms with Gasteiger partial charge in [0, 0.05) is 6.04 Å². The first-order valence-electron chi connectivity index (χ1n) is 7.20. The third kappa shape index (κ3) is 2.88. The molecule has 2 atom stereocenters. The minimum absolute atomic E-state index is 0.0615. The normalized spacial score (nSPS) is 24.9. The van der Waals surface area contributed by atoms with Crippen molar-refractivity contribution >= 4 is 5.97 Å². The molecule has 2 N–H and O–H groups in total. The molecule has 1 aromatic carbocycles. The maximum Gasteiger partial charge on any atom is 0.311 e. The van der Waals surface area contributed by atoms with Crippen LogP contribution in [0.2, 0.25) is 0 Å². The Hall–Kier alpha value is -1.35. The summed E-state index contributed by atoms with van der Waals surface area (Å²) in [5, 5.41) is 0. The molecule has 3 heteroatoms. The van der Waals surface area contributed by atoms with E-state index in [-0.39, 0.29) is 23.3 Å². The van der Waals surface area contributed by atoms with Gasteiger partial charge >= 0.3 is 5.97 Å². The third-order valence-corrected chi connectivity index (χ3v) is 3.92. The van der Waals surface area contributed by atoms with Gasteiger partial charge in [0.05, 0.1) is 5.92 Å². The third-order valence-electron chi connectivity index (χ3n) is 3.92. The smallest absolute Gasteiger partial charge is 0.311 e. The molecule has 1 aliphatic carbocycles. The molecule has 0 bridgehead atoms. The highest BCUT2D eigenvalue weighted by molar-refractivity contribution is 5.75. The minimum atomic E-state index is -0.474. The van der Waals surface area contributed by atoms with Gasteiger partial charge in [0.1, 0.15) is 5.60 Å². The standard InChI is InChI=1S/C17H25NO2/c1-16(2,3)20-15(19)12-10-17(4,5)13-9-7-6-8-11(13)14(12)18/h6-9,12,14H,10,18H2,1-5H3/t12-,14+/m1/s1. The Balaban J connectivity index is 2.34. The van der Waals surface area contributed by atoms with Crippen LogP contribution in [0.15, 0.2) is 24.3 Å². The fourth-order valence-corrected chi connectivity index (χ4v) is 3.01. The van der Waals surface area contributed by atoms with Gasteiger partial charge in [-0.2, -0.15) is 0 Å². The van der Waals surface area contributed by atoms with E-state index in [4.69, 9.17) is 10.5 Å². The van der Waals surface area contributed by atoms with Gasteiger partial charge in [-0.15, -0.1) is 0 Å². The van der Waals surface area contributed by atoms with Crippen LogP contribution in [0.3, 0.4) is 0 Å². The summed E-state index contributed by atoms with van der Waals surface area (Å²) < 4.78 is 5.54. The number of hydrogen-bond acceptors (Lipinski definition) is 3. The van der Waals surface area contributed by atoms with Crippen LogP contribution in [0, 0.1) is 5.92 Å². The van der Waals surface area contributed by atoms with E-state index >= 15 is 0 Å². The first kappa shape index (κ1) is 15.0. The Labute approximate surface area is 121 Å². The number of fused-ring (bicyclic) bond motifs is 1. The van der Waals surface area contributed by atoms with E-state index in [0.717, 1.165) is 12.0 Å². The lowest BCUT2D eigenvalue weighted by Gasteiger charge is -2.40. The lowest BCUT2D eigenvalue weighted by atomic mass is 9.66. The molecule has 2 rings (SSSR count). The van der Waals surface area contributed by atoms with E-state index in [1.54, 1.807) is 0 Å². The Bertz CT molecular complexity index is 514. The molecule has 0 radical (unpaired) electrons. The number of carbonyl (C=O) groups excluding carboxylic acids is 1. The Morgan fingerprint density at radius 1 is 1.30 bits per heavy atom. The molecular formula is C17H25NO2. The lowest BCUT2D eigenvalue weighted by Crippen LogP contribution is -2.42. The molecule has 0 unspecified atom stereocenters. The molecule has 0 amide bonds. The van der Waals surface area contributed by atoms with Gasteiger partial charge in [0.2, 0.25) is 0 Å². The Morgan fingerprint density at radius 2 is 1.90 bits per heavy atom. The van der Waals surface area contributed by atoms with Gasteiger partial charge in [0.25, 0.3) is 0 Å². The van der Waals surface area contributed by atoms with Crippen molar-refractivity contribution in [3.63, 3.8) is 0 Å². The monoisotopic (exact) mass is 275 g/mol. The molecule has 0 saturated heterocycles. The van der Waals surface area contributed by atoms with Crippen molar-refractivity contribution < 1.29 is 9.53 Å². The van der Waals surface area contributed by atoms with Crippen molar-refractivity contribution in [1.29, 1.82) is 0 Å². The summed E-state index contributed by atoms with van der Waals surface area (Å²) in [6, 6.07) is 7.86. The highest BCUT2D eigenvalue weighted by Crippen LogP contribution is 2.44. The summed E-state index contributed by atoms with van der Waals surface area (Å²) in [7, 11) is 0. The number of ether oxygens (including phenoxy) is 1. The first-order chi connectivity index (χ1) is 9.12. The zero-order chi connectivity index (χ0) is 15.1. The molecule has 1 aliphatic rings. The topological polar surface area (TPSA) is 52.3 Å². The van der Waals surface area contributed by atoms with Crippen LogP contribution in [-0.4, -0.2) is 11.6 Å². The summed E-state index contributed by atoms with van der Waals surface area (Å²) in [5.41, 5.74) is 8.11. The van der Waals surface area contributed by atoms with E-state index in [1.807, 2.05) is 39.0 Å². The molecule has 3 nitrogen and oxygen atoms in total. The van der Waals surface area contributed by atoms with Crippen LogP contribution >= 0.6 is 0 Å². The lowest BCUT2D eigenvalue weighted by molar-refractivity contribution is -0.162. The Morgan fingerprint density at radius 3 is 2.50 bits per heavy atom. The van der Waals surface area contributed by atoms with Gasteiger partial charge in [-0.25, -0.2) is 0 Å². The number of hydrogen-bond donors (Lipinski definition) is 1. The van der Waals surface area contributed by atoms with Crippen LogP contribution in [0.25, 0.3) is 0 Å². The zero-order valence-corrected chi connectivity index (χ0v) is 13.1. The molecule has 20 heavy (non-hydrogen) atoms. The van der Waals surface area contributed by atoms with Crippen molar-refractivity contribution in [3.8, 4) is 0 Å². The summed E-state index contributed by atoms with van der Waals surface area (Å²) in [4.78, 5) is 12.4. The molecule has 0 spiro atoms. The summed E-state index contributed by atoms with van der Waals surface area (Å²) in [6.07, 6.45) is 0.722. The van der Waals surface area contributed by atoms with E-state index in [2.05, 4.69) is 19.9 Å². The summed E-state index contributed by atoms with van der Waals surface area (Å²) in [6.45, 7) is 9.99. The highest BCUT2D eigenvalue weighted by Gasteiger charge is 2.42. The molecular weight excluding hydrogens is 250 g/mol. The second-order valence-electron chi connectivity index (χ2n) is 7.34. The number of benzene rings is 1. The van der Waals surface area contributed by atoms with Crippen LogP contribution in [0.4, 0.5) is 0 Å². The predicted octanol–water partition coefficient (Wildman–Crippen LogP) is 3.33. The highest BCUT2D eigenvalue weighted by atomic mass is 16.6. The maximum absolute atomic E-state index is 12.4. The van der Waals surface area contributed by atoms with E-state index in [1.165, 1.54) is 5.56 Å². The molecule has 0 aliphatic heterocycles. The van der Waals surface area contributed by atoms with E-state index < -0.39 is 5.60 Å². The second-order valence-corrected chi connectivity index (χ2v) is 7.34. The van der Waals surface area contributed by atoms with Gasteiger partial charge in [-0.3, -0.25) is 4.79 Å². The second kappa shape index (κ2) is 4.88. The quantitative estimate of drug-likeness (QED) is 0.800. The van der Waals surface area contributed by atoms with Gasteiger partial charge in [-0.05, 0) is 43.7 Å². The average Bonchev–Trinajstić information content (AvgIpc) is 2.32. The van der Waals surface area contributed by atoms with E-state index in [0.29, 0.717) is 0 Å². The predicted molar refractivity (Wildman–Crippen MR) is 80.3 cm³/mol. The molecule has 0 aromatic heterocycles. The largest absolute Gasteiger partial charge is 0.460 e. The van der Waals surface area contributed by atoms with E-state index in [9.17, 15) is 4.79 Å². The fourth-order valence-electron chi connectivity index (χ4n) is 3.01. The van der Waals surface area contributed by atoms with Gasteiger partial charge in [-0.1, -0.05) is 38.1 Å². The Kier molecular flexibility index (Phi) is 3.67. The van der Waals surface area contributed by atoms with Crippen molar-refractivity contribution in [2.45, 2.75) is 58.1 Å². The summed E-state index contributed by atoms with van der Waals surface area (Å²) in [5.74, 6) is -0.466. The number of carbonyl (C=O) groups is 1. The zero-order valence-electron chi connectivity index (χ0n) is 13.1. The SMILES string of the molecule is CC(C)(C)OC(=O)[C@@H]1CC(C)(C)c2ccccc2[C@@H]1N. The fraction of sp³-hybridized carbons (Fsp3) is 0.588. The van der Waals surface area contributed by atoms with Gasteiger partial charge < -0.3 is 10.5 Å². The number of esters is 1. The summed E-state index contributed by atoms with van der Waals surface area (Å²) >= 11 is 0. The van der Waals surface area contributed by atoms with Crippen LogP contribution in [0.1, 0.15) is 58.2 Å². The van der Waals surface area contributed by atoms with Crippen molar-refractivity contribution in [3.05, 3.63) is 35.4 Å². The van der Waals surface area contributed by atoms with Gasteiger partial charge in [0.15, 0.2) is 0 Å². The minimum Gasteiger partial charge on any atom is -0.460 e. The number of nitrogens with two attached hydrogens (primary N) is 1. The molecule has 0 heterocycles. The maximum atomic E-state index is 12.4. The van der Waals surface area contributed by atoms with Crippen LogP contribution < -0.4 is 5.73 Å². The molecule has 0 fully saturated rings. The van der Waals surface area contributed by atoms with Crippen LogP contribution in [0.5, 0.6) is 0 Å². The van der Waals surface area contributed by atoms with Crippen molar-refractivity contribution in [1.82, 2.24) is 0 Å². The van der Waals surface area contributed by atoms with Crippen LogP contribution in [-0.2, 0) is 14.9 Å². The molecule has 0 saturated carbocycles. The molecule has 1 aromatic rings. The van der Waals surface area contributed by atoms with Crippen molar-refractivity contribution in [2.24, 2.45) is 11.7 Å². The first-order valence-corrected chi connectivity index (χ1v) is 7.20. The molecule has 110 valence electrons.